The van der Waals surface area contributed by atoms with E-state index >= 15 is 0 Å². The number of ether oxygens (including phenoxy) is 1. The lowest BCUT2D eigenvalue weighted by Gasteiger charge is -2.07. The lowest BCUT2D eigenvalue weighted by Crippen LogP contribution is -2.09. The fraction of sp³-hybridized carbons (Fsp3) is 0.455. The van der Waals surface area contributed by atoms with Gasteiger partial charge < -0.3 is 10.5 Å². The Morgan fingerprint density at radius 3 is 2.47 bits per heavy atom. The third-order valence-electron chi connectivity index (χ3n) is 2.49. The third kappa shape index (κ3) is 3.23. The molecule has 1 aromatic carbocycles. The second-order valence-electron chi connectivity index (χ2n) is 4.09. The summed E-state index contributed by atoms with van der Waals surface area (Å²) in [5.74, 6) is -1.45. The Bertz CT molecular complexity index is 426. The summed E-state index contributed by atoms with van der Waals surface area (Å²) < 4.78 is 43.6. The average Bonchev–Trinajstić information content (AvgIpc) is 2.99. The zero-order chi connectivity index (χ0) is 12.4. The Kier molecular flexibility index (Phi) is 3.73. The Morgan fingerprint density at radius 2 is 1.94 bits per heavy atom. The van der Waals surface area contributed by atoms with Crippen LogP contribution in [0.2, 0.25) is 0 Å². The van der Waals surface area contributed by atoms with Crippen LogP contribution in [0, 0.1) is 17.6 Å². The van der Waals surface area contributed by atoms with Crippen molar-refractivity contribution in [2.75, 3.05) is 18.3 Å². The van der Waals surface area contributed by atoms with Gasteiger partial charge in [0, 0.05) is 5.69 Å². The number of hydrogen-bond acceptors (Lipinski definition) is 3. The SMILES string of the molecule is Nc1cc(F)c(S(=O)COCC2CC2)c(F)c1. The van der Waals surface area contributed by atoms with E-state index in [2.05, 4.69) is 0 Å². The molecule has 1 saturated carbocycles. The Labute approximate surface area is 100 Å². The van der Waals surface area contributed by atoms with Crippen molar-refractivity contribution >= 4 is 16.5 Å². The lowest BCUT2D eigenvalue weighted by molar-refractivity contribution is 0.168. The number of hydrogen-bond donors (Lipinski definition) is 1. The molecule has 1 fully saturated rings. The van der Waals surface area contributed by atoms with Gasteiger partial charge in [0.1, 0.15) is 22.5 Å². The molecule has 0 radical (unpaired) electrons. The van der Waals surface area contributed by atoms with Crippen molar-refractivity contribution in [2.24, 2.45) is 5.92 Å². The van der Waals surface area contributed by atoms with E-state index in [1.807, 2.05) is 0 Å². The summed E-state index contributed by atoms with van der Waals surface area (Å²) in [6.45, 7) is 0.504. The summed E-state index contributed by atoms with van der Waals surface area (Å²) in [5, 5.41) is 0. The number of benzene rings is 1. The van der Waals surface area contributed by atoms with Gasteiger partial charge in [0.05, 0.1) is 17.4 Å². The molecule has 6 heteroatoms. The average molecular weight is 261 g/mol. The van der Waals surface area contributed by atoms with E-state index in [0.717, 1.165) is 25.0 Å². The van der Waals surface area contributed by atoms with Crippen LogP contribution in [0.25, 0.3) is 0 Å². The van der Waals surface area contributed by atoms with Crippen LogP contribution in [-0.4, -0.2) is 16.8 Å². The quantitative estimate of drug-likeness (QED) is 0.825. The maximum atomic E-state index is 13.4. The highest BCUT2D eigenvalue weighted by Crippen LogP contribution is 2.29. The van der Waals surface area contributed by atoms with Gasteiger partial charge in [-0.05, 0) is 30.9 Å². The van der Waals surface area contributed by atoms with E-state index in [9.17, 15) is 13.0 Å². The molecule has 0 aromatic heterocycles. The zero-order valence-electron chi connectivity index (χ0n) is 9.12. The molecule has 1 aliphatic carbocycles. The number of nitrogens with two attached hydrogens (primary N) is 1. The van der Waals surface area contributed by atoms with Crippen molar-refractivity contribution in [3.63, 3.8) is 0 Å². The number of rotatable bonds is 5. The van der Waals surface area contributed by atoms with E-state index in [1.165, 1.54) is 0 Å². The molecule has 1 atom stereocenters. The molecule has 2 N–H and O–H groups in total. The van der Waals surface area contributed by atoms with Crippen LogP contribution in [0.1, 0.15) is 12.8 Å². The van der Waals surface area contributed by atoms with Crippen LogP contribution in [-0.2, 0) is 15.5 Å². The normalized spacial score (nSPS) is 17.1. The largest absolute Gasteiger partial charge is 0.399 e. The first-order chi connectivity index (χ1) is 8.08. The van der Waals surface area contributed by atoms with Crippen molar-refractivity contribution in [2.45, 2.75) is 17.7 Å². The summed E-state index contributed by atoms with van der Waals surface area (Å²) in [4.78, 5) is -0.463. The Hall–Kier alpha value is -1.01. The van der Waals surface area contributed by atoms with Crippen LogP contribution in [0.3, 0.4) is 0 Å². The van der Waals surface area contributed by atoms with Crippen LogP contribution in [0.5, 0.6) is 0 Å². The van der Waals surface area contributed by atoms with Gasteiger partial charge in [0.15, 0.2) is 0 Å². The van der Waals surface area contributed by atoms with Gasteiger partial charge in [-0.25, -0.2) is 8.78 Å². The van der Waals surface area contributed by atoms with Gasteiger partial charge in [-0.2, -0.15) is 0 Å². The van der Waals surface area contributed by atoms with Crippen LogP contribution >= 0.6 is 0 Å². The molecular weight excluding hydrogens is 248 g/mol. The lowest BCUT2D eigenvalue weighted by atomic mass is 10.3. The molecule has 0 saturated heterocycles. The summed E-state index contributed by atoms with van der Waals surface area (Å²) in [6.07, 6.45) is 2.22. The highest BCUT2D eigenvalue weighted by Gasteiger charge is 2.22. The maximum absolute atomic E-state index is 13.4. The maximum Gasteiger partial charge on any atom is 0.144 e. The second-order valence-corrected chi connectivity index (χ2v) is 5.43. The molecule has 0 heterocycles. The molecule has 1 aliphatic rings. The summed E-state index contributed by atoms with van der Waals surface area (Å²) >= 11 is 0. The minimum Gasteiger partial charge on any atom is -0.399 e. The van der Waals surface area contributed by atoms with E-state index < -0.39 is 27.3 Å². The van der Waals surface area contributed by atoms with Gasteiger partial charge in [0.25, 0.3) is 0 Å². The highest BCUT2D eigenvalue weighted by atomic mass is 32.2. The van der Waals surface area contributed by atoms with Gasteiger partial charge >= 0.3 is 0 Å². The molecule has 0 bridgehead atoms. The Balaban J connectivity index is 2.01. The Morgan fingerprint density at radius 1 is 1.35 bits per heavy atom. The van der Waals surface area contributed by atoms with E-state index in [-0.39, 0.29) is 11.6 Å². The number of nitrogen functional groups attached to an aromatic ring is 1. The molecule has 2 rings (SSSR count). The molecule has 3 nitrogen and oxygen atoms in total. The molecule has 94 valence electrons. The first-order valence-corrected chi connectivity index (χ1v) is 6.60. The third-order valence-corrected chi connectivity index (χ3v) is 3.72. The molecule has 1 aromatic rings. The molecule has 17 heavy (non-hydrogen) atoms. The van der Waals surface area contributed by atoms with Gasteiger partial charge in [-0.15, -0.1) is 0 Å². The van der Waals surface area contributed by atoms with Gasteiger partial charge in [-0.3, -0.25) is 4.21 Å². The van der Waals surface area contributed by atoms with E-state index in [1.54, 1.807) is 0 Å². The van der Waals surface area contributed by atoms with Gasteiger partial charge in [-0.1, -0.05) is 0 Å². The van der Waals surface area contributed by atoms with Crippen molar-refractivity contribution in [3.8, 4) is 0 Å². The fourth-order valence-electron chi connectivity index (χ4n) is 1.43. The first kappa shape index (κ1) is 12.4. The zero-order valence-corrected chi connectivity index (χ0v) is 9.93. The van der Waals surface area contributed by atoms with Crippen LogP contribution in [0.15, 0.2) is 17.0 Å². The second kappa shape index (κ2) is 5.10. The summed E-state index contributed by atoms with van der Waals surface area (Å²) in [7, 11) is -1.83. The number of anilines is 1. The first-order valence-electron chi connectivity index (χ1n) is 5.28. The van der Waals surface area contributed by atoms with Crippen molar-refractivity contribution in [3.05, 3.63) is 23.8 Å². The molecule has 0 amide bonds. The predicted octanol–water partition coefficient (Wildman–Crippen LogP) is 2.04. The van der Waals surface area contributed by atoms with E-state index in [4.69, 9.17) is 10.5 Å². The summed E-state index contributed by atoms with van der Waals surface area (Å²) in [5.41, 5.74) is 5.24. The number of halogens is 2. The molecule has 1 unspecified atom stereocenters. The minimum absolute atomic E-state index is 0.0281. The molecule has 0 spiro atoms. The summed E-state index contributed by atoms with van der Waals surface area (Å²) in [6, 6.07) is 1.91. The standard InChI is InChI=1S/C11H13F2NO2S/c12-9-3-8(14)4-10(13)11(9)17(15)6-16-5-7-1-2-7/h3-4,7H,1-2,5-6,14H2. The van der Waals surface area contributed by atoms with Crippen LogP contribution in [0.4, 0.5) is 14.5 Å². The van der Waals surface area contributed by atoms with E-state index in [0.29, 0.717) is 12.5 Å². The molecular formula is C11H13F2NO2S. The predicted molar refractivity (Wildman–Crippen MR) is 60.7 cm³/mol. The minimum atomic E-state index is -1.83. The van der Waals surface area contributed by atoms with Crippen molar-refractivity contribution in [1.29, 1.82) is 0 Å². The monoisotopic (exact) mass is 261 g/mol. The smallest absolute Gasteiger partial charge is 0.144 e. The topological polar surface area (TPSA) is 52.3 Å². The van der Waals surface area contributed by atoms with Gasteiger partial charge in [0.2, 0.25) is 0 Å². The van der Waals surface area contributed by atoms with Crippen LogP contribution < -0.4 is 5.73 Å². The van der Waals surface area contributed by atoms with Crippen molar-refractivity contribution in [1.82, 2.24) is 0 Å². The highest BCUT2D eigenvalue weighted by molar-refractivity contribution is 7.84. The molecule has 0 aliphatic heterocycles. The fourth-order valence-corrected chi connectivity index (χ4v) is 2.35. The van der Waals surface area contributed by atoms with Crippen molar-refractivity contribution < 1.29 is 17.7 Å².